The Morgan fingerprint density at radius 3 is 2.75 bits per heavy atom. The minimum Gasteiger partial charge on any atom is -0.311 e. The minimum atomic E-state index is -0.422. The van der Waals surface area contributed by atoms with Crippen LogP contribution >= 0.6 is 0 Å². The fourth-order valence-corrected chi connectivity index (χ4v) is 3.36. The van der Waals surface area contributed by atoms with Gasteiger partial charge >= 0.3 is 5.69 Å². The highest BCUT2D eigenvalue weighted by Crippen LogP contribution is 2.36. The van der Waals surface area contributed by atoms with Crippen LogP contribution in [0.5, 0.6) is 0 Å². The van der Waals surface area contributed by atoms with E-state index in [0.29, 0.717) is 30.4 Å². The van der Waals surface area contributed by atoms with Gasteiger partial charge in [-0.25, -0.2) is 0 Å². The van der Waals surface area contributed by atoms with Crippen LogP contribution in [0.3, 0.4) is 0 Å². The number of para-hydroxylation sites is 1. The Kier molecular flexibility index (Phi) is 4.09. The molecule has 126 valence electrons. The molecule has 0 N–H and O–H groups in total. The predicted molar refractivity (Wildman–Crippen MR) is 90.2 cm³/mol. The summed E-state index contributed by atoms with van der Waals surface area (Å²) >= 11 is 0. The molecule has 0 aliphatic carbocycles. The number of carbonyl (C=O) groups is 1. The van der Waals surface area contributed by atoms with E-state index < -0.39 is 4.92 Å². The van der Waals surface area contributed by atoms with E-state index in [4.69, 9.17) is 0 Å². The van der Waals surface area contributed by atoms with Crippen LogP contribution in [0.15, 0.2) is 24.3 Å². The van der Waals surface area contributed by atoms with E-state index in [1.54, 1.807) is 23.4 Å². The molecule has 24 heavy (non-hydrogen) atoms. The second kappa shape index (κ2) is 6.07. The highest BCUT2D eigenvalue weighted by molar-refractivity contribution is 5.95. The van der Waals surface area contributed by atoms with Crippen LogP contribution in [0.2, 0.25) is 0 Å². The smallest absolute Gasteiger partial charge is 0.311 e. The number of carbonyl (C=O) groups excluding carboxylic acids is 1. The number of hydrogen-bond acceptors (Lipinski definition) is 4. The topological polar surface area (TPSA) is 81.3 Å². The van der Waals surface area contributed by atoms with Crippen LogP contribution in [0.25, 0.3) is 0 Å². The van der Waals surface area contributed by atoms with Crippen LogP contribution in [0.1, 0.15) is 36.2 Å². The van der Waals surface area contributed by atoms with Gasteiger partial charge in [-0.3, -0.25) is 19.6 Å². The molecule has 2 heterocycles. The molecule has 1 atom stereocenters. The van der Waals surface area contributed by atoms with Gasteiger partial charge in [0, 0.05) is 24.6 Å². The van der Waals surface area contributed by atoms with Crippen molar-refractivity contribution in [1.82, 2.24) is 9.78 Å². The number of nitro groups is 1. The average molecular weight is 328 g/mol. The Balaban J connectivity index is 1.74. The van der Waals surface area contributed by atoms with Crippen molar-refractivity contribution in [2.45, 2.75) is 39.7 Å². The molecule has 1 aliphatic rings. The van der Waals surface area contributed by atoms with Crippen LogP contribution < -0.4 is 4.90 Å². The SMILES string of the molecule is Cc1nn(CCC(=O)N2C[C@@H](C)c3ccccc32)c(C)c1[N+](=O)[O-]. The molecule has 0 bridgehead atoms. The van der Waals surface area contributed by atoms with Crippen LogP contribution in [0.4, 0.5) is 11.4 Å². The van der Waals surface area contributed by atoms with Gasteiger partial charge < -0.3 is 4.90 Å². The van der Waals surface area contributed by atoms with Gasteiger partial charge in [-0.15, -0.1) is 0 Å². The van der Waals surface area contributed by atoms with E-state index in [0.717, 1.165) is 5.69 Å². The summed E-state index contributed by atoms with van der Waals surface area (Å²) in [4.78, 5) is 25.1. The van der Waals surface area contributed by atoms with E-state index >= 15 is 0 Å². The average Bonchev–Trinajstić information content (AvgIpc) is 3.02. The number of benzene rings is 1. The number of fused-ring (bicyclic) bond motifs is 1. The molecule has 0 saturated heterocycles. The number of aryl methyl sites for hydroxylation is 2. The van der Waals surface area contributed by atoms with Gasteiger partial charge in [0.25, 0.3) is 0 Å². The second-order valence-corrected chi connectivity index (χ2v) is 6.21. The Hall–Kier alpha value is -2.70. The molecule has 1 aromatic heterocycles. The van der Waals surface area contributed by atoms with Crippen LogP contribution in [0, 0.1) is 24.0 Å². The molecule has 0 saturated carbocycles. The van der Waals surface area contributed by atoms with Gasteiger partial charge in [-0.05, 0) is 25.5 Å². The van der Waals surface area contributed by atoms with E-state index in [9.17, 15) is 14.9 Å². The van der Waals surface area contributed by atoms with Crippen molar-refractivity contribution in [3.8, 4) is 0 Å². The van der Waals surface area contributed by atoms with Crippen molar-refractivity contribution in [2.24, 2.45) is 0 Å². The van der Waals surface area contributed by atoms with E-state index in [1.807, 2.05) is 18.2 Å². The number of rotatable bonds is 4. The summed E-state index contributed by atoms with van der Waals surface area (Å²) in [7, 11) is 0. The third-order valence-electron chi connectivity index (χ3n) is 4.58. The van der Waals surface area contributed by atoms with Crippen molar-refractivity contribution in [3.05, 3.63) is 51.3 Å². The maximum atomic E-state index is 12.6. The minimum absolute atomic E-state index is 0.0157. The standard InChI is InChI=1S/C17H20N4O3/c1-11-10-19(15-7-5-4-6-14(11)15)16(22)8-9-20-13(3)17(21(23)24)12(2)18-20/h4-7,11H,8-10H2,1-3H3/t11-/m1/s1. The highest BCUT2D eigenvalue weighted by Gasteiger charge is 2.29. The number of aromatic nitrogens is 2. The van der Waals surface area contributed by atoms with Crippen molar-refractivity contribution >= 4 is 17.3 Å². The first-order valence-corrected chi connectivity index (χ1v) is 7.97. The zero-order valence-corrected chi connectivity index (χ0v) is 14.0. The quantitative estimate of drug-likeness (QED) is 0.638. The predicted octanol–water partition coefficient (Wildman–Crippen LogP) is 2.95. The van der Waals surface area contributed by atoms with Crippen LogP contribution in [-0.4, -0.2) is 27.2 Å². The summed E-state index contributed by atoms with van der Waals surface area (Å²) in [5.74, 6) is 0.335. The Morgan fingerprint density at radius 1 is 1.38 bits per heavy atom. The Bertz CT molecular complexity index is 812. The van der Waals surface area contributed by atoms with Crippen molar-refractivity contribution in [2.75, 3.05) is 11.4 Å². The van der Waals surface area contributed by atoms with E-state index in [-0.39, 0.29) is 18.0 Å². The summed E-state index contributed by atoms with van der Waals surface area (Å²) in [5.41, 5.74) is 3.05. The Labute approximate surface area is 140 Å². The fourth-order valence-electron chi connectivity index (χ4n) is 3.36. The summed E-state index contributed by atoms with van der Waals surface area (Å²) in [5, 5.41) is 15.2. The monoisotopic (exact) mass is 328 g/mol. The summed E-state index contributed by atoms with van der Waals surface area (Å²) in [6, 6.07) is 7.93. The maximum absolute atomic E-state index is 12.6. The third-order valence-corrected chi connectivity index (χ3v) is 4.58. The third kappa shape index (κ3) is 2.66. The lowest BCUT2D eigenvalue weighted by Crippen LogP contribution is -2.30. The van der Waals surface area contributed by atoms with Crippen molar-refractivity contribution in [3.63, 3.8) is 0 Å². The molecule has 0 radical (unpaired) electrons. The number of nitrogens with zero attached hydrogens (tertiary/aromatic N) is 4. The van der Waals surface area contributed by atoms with Gasteiger partial charge in [0.05, 0.1) is 11.5 Å². The zero-order valence-electron chi connectivity index (χ0n) is 14.0. The molecular formula is C17H20N4O3. The first-order valence-electron chi connectivity index (χ1n) is 7.97. The van der Waals surface area contributed by atoms with Gasteiger partial charge in [0.2, 0.25) is 5.91 Å². The molecule has 1 amide bonds. The maximum Gasteiger partial charge on any atom is 0.312 e. The summed E-state index contributed by atoms with van der Waals surface area (Å²) in [6.07, 6.45) is 0.264. The number of anilines is 1. The Morgan fingerprint density at radius 2 is 2.08 bits per heavy atom. The summed E-state index contributed by atoms with van der Waals surface area (Å²) in [6.45, 7) is 6.40. The zero-order chi connectivity index (χ0) is 17.4. The van der Waals surface area contributed by atoms with Gasteiger partial charge in [-0.1, -0.05) is 25.1 Å². The molecule has 7 heteroatoms. The van der Waals surface area contributed by atoms with Crippen molar-refractivity contribution in [1.29, 1.82) is 0 Å². The van der Waals surface area contributed by atoms with Crippen LogP contribution in [-0.2, 0) is 11.3 Å². The fraction of sp³-hybridized carbons (Fsp3) is 0.412. The molecule has 0 spiro atoms. The van der Waals surface area contributed by atoms with Gasteiger partial charge in [-0.2, -0.15) is 5.10 Å². The molecule has 2 aromatic rings. The molecule has 0 fully saturated rings. The largest absolute Gasteiger partial charge is 0.312 e. The molecule has 7 nitrogen and oxygen atoms in total. The highest BCUT2D eigenvalue weighted by atomic mass is 16.6. The van der Waals surface area contributed by atoms with Gasteiger partial charge in [0.15, 0.2) is 0 Å². The van der Waals surface area contributed by atoms with Crippen molar-refractivity contribution < 1.29 is 9.72 Å². The second-order valence-electron chi connectivity index (χ2n) is 6.21. The number of hydrogen-bond donors (Lipinski definition) is 0. The molecule has 1 aromatic carbocycles. The number of amides is 1. The molecule has 1 aliphatic heterocycles. The molecular weight excluding hydrogens is 308 g/mol. The first kappa shape index (κ1) is 16.2. The summed E-state index contributed by atoms with van der Waals surface area (Å²) < 4.78 is 1.55. The lowest BCUT2D eigenvalue weighted by Gasteiger charge is -2.17. The van der Waals surface area contributed by atoms with E-state index in [2.05, 4.69) is 18.1 Å². The normalized spacial score (nSPS) is 16.3. The van der Waals surface area contributed by atoms with Gasteiger partial charge in [0.1, 0.15) is 11.4 Å². The molecule has 0 unspecified atom stereocenters. The first-order chi connectivity index (χ1) is 11.4. The molecule has 3 rings (SSSR count). The lowest BCUT2D eigenvalue weighted by molar-refractivity contribution is -0.386. The lowest BCUT2D eigenvalue weighted by atomic mass is 10.0. The van der Waals surface area contributed by atoms with E-state index in [1.165, 1.54) is 5.56 Å².